The van der Waals surface area contributed by atoms with Crippen molar-refractivity contribution < 1.29 is 9.21 Å². The smallest absolute Gasteiger partial charge is 0.287 e. The Labute approximate surface area is 112 Å². The van der Waals surface area contributed by atoms with Gasteiger partial charge in [0.25, 0.3) is 5.91 Å². The number of benzene rings is 1. The number of para-hydroxylation sites is 1. The van der Waals surface area contributed by atoms with Crippen molar-refractivity contribution >= 4 is 29.3 Å². The summed E-state index contributed by atoms with van der Waals surface area (Å²) in [6.07, 6.45) is 0. The van der Waals surface area contributed by atoms with Crippen LogP contribution >= 0.6 is 12.4 Å². The zero-order valence-electron chi connectivity index (χ0n) is 10.4. The number of furan rings is 1. The lowest BCUT2D eigenvalue weighted by Gasteiger charge is -2.23. The Morgan fingerprint density at radius 3 is 2.67 bits per heavy atom. The molecule has 1 heterocycles. The van der Waals surface area contributed by atoms with Crippen molar-refractivity contribution in [2.24, 2.45) is 5.73 Å². The van der Waals surface area contributed by atoms with Crippen molar-refractivity contribution in [3.8, 4) is 0 Å². The number of amides is 1. The van der Waals surface area contributed by atoms with Gasteiger partial charge in [0.05, 0.1) is 0 Å². The molecule has 0 bridgehead atoms. The first-order valence-electron chi connectivity index (χ1n) is 5.53. The number of halogens is 1. The lowest BCUT2D eigenvalue weighted by Crippen LogP contribution is -2.48. The van der Waals surface area contributed by atoms with Crippen LogP contribution in [-0.4, -0.2) is 18.0 Å². The molecule has 5 heteroatoms. The molecule has 0 saturated heterocycles. The molecule has 0 atom stereocenters. The largest absolute Gasteiger partial charge is 0.451 e. The fraction of sp³-hybridized carbons (Fsp3) is 0.308. The Morgan fingerprint density at radius 1 is 1.39 bits per heavy atom. The Bertz CT molecular complexity index is 516. The fourth-order valence-corrected chi connectivity index (χ4v) is 1.51. The maximum Gasteiger partial charge on any atom is 0.287 e. The fourth-order valence-electron chi connectivity index (χ4n) is 1.51. The number of carbonyl (C=O) groups is 1. The lowest BCUT2D eigenvalue weighted by atomic mass is 10.1. The molecular weight excluding hydrogens is 252 g/mol. The van der Waals surface area contributed by atoms with Crippen LogP contribution in [0.1, 0.15) is 24.4 Å². The van der Waals surface area contributed by atoms with Crippen LogP contribution in [0.25, 0.3) is 11.0 Å². The molecule has 0 unspecified atom stereocenters. The first-order chi connectivity index (χ1) is 8.02. The summed E-state index contributed by atoms with van der Waals surface area (Å²) in [5.74, 6) is 0.0735. The van der Waals surface area contributed by atoms with Gasteiger partial charge in [0.1, 0.15) is 5.58 Å². The number of nitrogens with two attached hydrogens (primary N) is 1. The second-order valence-corrected chi connectivity index (χ2v) is 4.69. The first-order valence-corrected chi connectivity index (χ1v) is 5.53. The predicted octanol–water partition coefficient (Wildman–Crippen LogP) is 2.32. The van der Waals surface area contributed by atoms with E-state index in [1.54, 1.807) is 6.07 Å². The summed E-state index contributed by atoms with van der Waals surface area (Å²) in [7, 11) is 0. The third-order valence-electron chi connectivity index (χ3n) is 2.61. The van der Waals surface area contributed by atoms with Crippen LogP contribution in [0.2, 0.25) is 0 Å². The van der Waals surface area contributed by atoms with E-state index in [1.807, 2.05) is 38.1 Å². The maximum absolute atomic E-state index is 11.9. The standard InChI is InChI=1S/C13H16N2O2.ClH/c1-13(2,8-14)15-12(16)11-7-9-5-3-4-6-10(9)17-11;/h3-7H,8,14H2,1-2H3,(H,15,16);1H. The van der Waals surface area contributed by atoms with Crippen molar-refractivity contribution in [2.45, 2.75) is 19.4 Å². The molecule has 2 aromatic rings. The second-order valence-electron chi connectivity index (χ2n) is 4.69. The summed E-state index contributed by atoms with van der Waals surface area (Å²) in [5, 5.41) is 3.75. The Hall–Kier alpha value is -1.52. The van der Waals surface area contributed by atoms with Crippen LogP contribution in [0, 0.1) is 0 Å². The quantitative estimate of drug-likeness (QED) is 0.898. The van der Waals surface area contributed by atoms with Gasteiger partial charge in [-0.15, -0.1) is 12.4 Å². The van der Waals surface area contributed by atoms with Gasteiger partial charge in [0, 0.05) is 17.5 Å². The molecule has 0 spiro atoms. The maximum atomic E-state index is 11.9. The molecule has 0 aliphatic rings. The molecule has 0 aliphatic carbocycles. The predicted molar refractivity (Wildman–Crippen MR) is 74.1 cm³/mol. The van der Waals surface area contributed by atoms with E-state index in [2.05, 4.69) is 5.32 Å². The minimum Gasteiger partial charge on any atom is -0.451 e. The van der Waals surface area contributed by atoms with Crippen LogP contribution in [0.5, 0.6) is 0 Å². The molecule has 2 rings (SSSR count). The third kappa shape index (κ3) is 3.03. The number of nitrogens with one attached hydrogen (secondary N) is 1. The van der Waals surface area contributed by atoms with E-state index in [0.717, 1.165) is 5.39 Å². The summed E-state index contributed by atoms with van der Waals surface area (Å²) in [4.78, 5) is 11.9. The van der Waals surface area contributed by atoms with Crippen molar-refractivity contribution in [2.75, 3.05) is 6.54 Å². The van der Waals surface area contributed by atoms with Crippen LogP contribution in [0.3, 0.4) is 0 Å². The van der Waals surface area contributed by atoms with Gasteiger partial charge in [-0.2, -0.15) is 0 Å². The molecule has 4 nitrogen and oxygen atoms in total. The molecule has 98 valence electrons. The molecule has 1 amide bonds. The van der Waals surface area contributed by atoms with Gasteiger partial charge in [0.2, 0.25) is 0 Å². The van der Waals surface area contributed by atoms with E-state index in [9.17, 15) is 4.79 Å². The summed E-state index contributed by atoms with van der Waals surface area (Å²) in [6, 6.07) is 9.25. The number of carbonyl (C=O) groups excluding carboxylic acids is 1. The third-order valence-corrected chi connectivity index (χ3v) is 2.61. The van der Waals surface area contributed by atoms with E-state index in [-0.39, 0.29) is 18.3 Å². The van der Waals surface area contributed by atoms with Gasteiger partial charge in [-0.25, -0.2) is 0 Å². The SMILES string of the molecule is CC(C)(CN)NC(=O)c1cc2ccccc2o1.Cl. The van der Waals surface area contributed by atoms with Gasteiger partial charge < -0.3 is 15.5 Å². The average molecular weight is 269 g/mol. The summed E-state index contributed by atoms with van der Waals surface area (Å²) in [6.45, 7) is 4.11. The molecule has 0 aliphatic heterocycles. The van der Waals surface area contributed by atoms with Gasteiger partial charge in [-0.05, 0) is 26.0 Å². The van der Waals surface area contributed by atoms with Gasteiger partial charge in [-0.3, -0.25) is 4.79 Å². The highest BCUT2D eigenvalue weighted by Crippen LogP contribution is 2.19. The van der Waals surface area contributed by atoms with E-state index < -0.39 is 5.54 Å². The molecule has 3 N–H and O–H groups in total. The van der Waals surface area contributed by atoms with Crippen LogP contribution < -0.4 is 11.1 Å². The monoisotopic (exact) mass is 268 g/mol. The first kappa shape index (κ1) is 14.5. The van der Waals surface area contributed by atoms with Crippen molar-refractivity contribution in [1.82, 2.24) is 5.32 Å². The lowest BCUT2D eigenvalue weighted by molar-refractivity contribution is 0.0889. The molecule has 1 aromatic carbocycles. The Kier molecular flexibility index (Phi) is 4.38. The highest BCUT2D eigenvalue weighted by Gasteiger charge is 2.21. The van der Waals surface area contributed by atoms with Crippen molar-refractivity contribution in [3.05, 3.63) is 36.1 Å². The molecule has 0 fully saturated rings. The summed E-state index contributed by atoms with van der Waals surface area (Å²) >= 11 is 0. The van der Waals surface area contributed by atoms with E-state index in [1.165, 1.54) is 0 Å². The highest BCUT2D eigenvalue weighted by atomic mass is 35.5. The van der Waals surface area contributed by atoms with E-state index >= 15 is 0 Å². The van der Waals surface area contributed by atoms with Crippen molar-refractivity contribution in [3.63, 3.8) is 0 Å². The summed E-state index contributed by atoms with van der Waals surface area (Å²) < 4.78 is 5.47. The van der Waals surface area contributed by atoms with Gasteiger partial charge in [0.15, 0.2) is 5.76 Å². The van der Waals surface area contributed by atoms with Crippen molar-refractivity contribution in [1.29, 1.82) is 0 Å². The van der Waals surface area contributed by atoms with Crippen LogP contribution in [0.15, 0.2) is 34.7 Å². The number of rotatable bonds is 3. The second kappa shape index (κ2) is 5.42. The zero-order valence-corrected chi connectivity index (χ0v) is 11.2. The molecule has 1 aromatic heterocycles. The minimum atomic E-state index is -0.434. The minimum absolute atomic E-state index is 0. The molecule has 0 radical (unpaired) electrons. The Balaban J connectivity index is 0.00000162. The summed E-state index contributed by atoms with van der Waals surface area (Å²) in [5.41, 5.74) is 5.84. The topological polar surface area (TPSA) is 68.3 Å². The highest BCUT2D eigenvalue weighted by molar-refractivity contribution is 5.96. The molecule has 18 heavy (non-hydrogen) atoms. The van der Waals surface area contributed by atoms with Gasteiger partial charge >= 0.3 is 0 Å². The zero-order chi connectivity index (χ0) is 12.5. The van der Waals surface area contributed by atoms with E-state index in [4.69, 9.17) is 10.2 Å². The van der Waals surface area contributed by atoms with Crippen LogP contribution in [-0.2, 0) is 0 Å². The average Bonchev–Trinajstić information content (AvgIpc) is 2.72. The Morgan fingerprint density at radius 2 is 2.06 bits per heavy atom. The van der Waals surface area contributed by atoms with Gasteiger partial charge in [-0.1, -0.05) is 18.2 Å². The van der Waals surface area contributed by atoms with E-state index in [0.29, 0.717) is 17.9 Å². The normalized spacial score (nSPS) is 11.1. The number of fused-ring (bicyclic) bond motifs is 1. The molecule has 0 saturated carbocycles. The molecular formula is C13H17ClN2O2. The number of hydrogen-bond donors (Lipinski definition) is 2. The number of hydrogen-bond acceptors (Lipinski definition) is 3. The van der Waals surface area contributed by atoms with Crippen LogP contribution in [0.4, 0.5) is 0 Å².